The number of benzene rings is 2. The Morgan fingerprint density at radius 1 is 1.18 bits per heavy atom. The van der Waals surface area contributed by atoms with Gasteiger partial charge in [0, 0.05) is 5.56 Å². The third-order valence-electron chi connectivity index (χ3n) is 8.37. The first-order chi connectivity index (χ1) is 15.9. The van der Waals surface area contributed by atoms with Crippen LogP contribution in [0.2, 0.25) is 0 Å². The van der Waals surface area contributed by atoms with Gasteiger partial charge in [0.05, 0.1) is 30.6 Å². The van der Waals surface area contributed by atoms with Gasteiger partial charge in [0.2, 0.25) is 0 Å². The molecule has 0 saturated heterocycles. The number of aromatic hydroxyl groups is 1. The van der Waals surface area contributed by atoms with Gasteiger partial charge in [-0.3, -0.25) is 0 Å². The SMILES string of the molecule is COc1cc2c(cc1O)/C(=N/OCc1ccc(C#N)cc1)C[C@@H]1[C@@H]2CC[C@]2(C)[C@@H](O)CC[C@@H]12. The molecule has 5 atom stereocenters. The molecule has 0 radical (unpaired) electrons. The van der Waals surface area contributed by atoms with Crippen LogP contribution in [0.4, 0.5) is 0 Å². The zero-order chi connectivity index (χ0) is 23.2. The lowest BCUT2D eigenvalue weighted by atomic mass is 9.55. The van der Waals surface area contributed by atoms with Gasteiger partial charge in [0.1, 0.15) is 6.61 Å². The van der Waals surface area contributed by atoms with E-state index in [1.807, 2.05) is 18.2 Å². The molecule has 2 aromatic carbocycles. The monoisotopic (exact) mass is 446 g/mol. The van der Waals surface area contributed by atoms with Gasteiger partial charge in [0.15, 0.2) is 11.5 Å². The molecule has 2 saturated carbocycles. The van der Waals surface area contributed by atoms with Crippen LogP contribution in [0.15, 0.2) is 41.6 Å². The van der Waals surface area contributed by atoms with E-state index < -0.39 is 0 Å². The van der Waals surface area contributed by atoms with Gasteiger partial charge < -0.3 is 19.8 Å². The van der Waals surface area contributed by atoms with E-state index in [1.54, 1.807) is 25.3 Å². The number of phenolic OH excluding ortho intramolecular Hbond substituents is 1. The van der Waals surface area contributed by atoms with Crippen LogP contribution >= 0.6 is 0 Å². The lowest BCUT2D eigenvalue weighted by molar-refractivity contribution is -0.0180. The van der Waals surface area contributed by atoms with Crippen molar-refractivity contribution in [3.05, 3.63) is 58.7 Å². The fourth-order valence-corrected chi connectivity index (χ4v) is 6.51. The molecule has 6 nitrogen and oxygen atoms in total. The van der Waals surface area contributed by atoms with Gasteiger partial charge in [-0.25, -0.2) is 0 Å². The van der Waals surface area contributed by atoms with Crippen LogP contribution in [0.3, 0.4) is 0 Å². The summed E-state index contributed by atoms with van der Waals surface area (Å²) in [5.41, 5.74) is 4.42. The third kappa shape index (κ3) is 3.65. The fraction of sp³-hybridized carbons (Fsp3) is 0.481. The number of hydrogen-bond donors (Lipinski definition) is 2. The molecule has 33 heavy (non-hydrogen) atoms. The molecular formula is C27H30N2O4. The standard InChI is InChI=1S/C27H30N2O4/c1-27-10-9-18-19-13-25(32-2)24(30)12-21(19)23(11-20(18)22(27)7-8-26(27)31)29-33-15-17-5-3-16(14-28)4-6-17/h3-6,12-13,18,20,22,26,30-31H,7-11,15H2,1-2H3/b29-23+/t18-,20-,22+,26+,27+/m1/s1. The van der Waals surface area contributed by atoms with Gasteiger partial charge in [-0.15, -0.1) is 0 Å². The van der Waals surface area contributed by atoms with Crippen LogP contribution in [0.1, 0.15) is 67.2 Å². The zero-order valence-corrected chi connectivity index (χ0v) is 19.1. The largest absolute Gasteiger partial charge is 0.504 e. The maximum absolute atomic E-state index is 10.7. The Morgan fingerprint density at radius 2 is 1.97 bits per heavy atom. The van der Waals surface area contributed by atoms with Crippen LogP contribution < -0.4 is 4.74 Å². The molecule has 0 aliphatic heterocycles. The average Bonchev–Trinajstić information content (AvgIpc) is 3.13. The van der Waals surface area contributed by atoms with E-state index in [4.69, 9.17) is 14.8 Å². The molecule has 2 aromatic rings. The van der Waals surface area contributed by atoms with Crippen molar-refractivity contribution in [2.75, 3.05) is 7.11 Å². The van der Waals surface area contributed by atoms with Crippen molar-refractivity contribution in [2.45, 2.75) is 57.7 Å². The second-order valence-electron chi connectivity index (χ2n) is 9.95. The summed E-state index contributed by atoms with van der Waals surface area (Å²) >= 11 is 0. The molecule has 0 heterocycles. The summed E-state index contributed by atoms with van der Waals surface area (Å²) in [4.78, 5) is 5.77. The number of methoxy groups -OCH3 is 1. The second-order valence-corrected chi connectivity index (χ2v) is 9.95. The summed E-state index contributed by atoms with van der Waals surface area (Å²) in [5, 5.41) is 34.7. The number of rotatable bonds is 4. The van der Waals surface area contributed by atoms with Crippen LogP contribution in [0.25, 0.3) is 0 Å². The van der Waals surface area contributed by atoms with Gasteiger partial charge in [0.25, 0.3) is 0 Å². The Morgan fingerprint density at radius 3 is 2.70 bits per heavy atom. The molecule has 0 bridgehead atoms. The number of aliphatic hydroxyl groups is 1. The second kappa shape index (κ2) is 8.39. The van der Waals surface area contributed by atoms with E-state index in [0.29, 0.717) is 35.7 Å². The molecule has 2 fully saturated rings. The molecule has 0 unspecified atom stereocenters. The van der Waals surface area contributed by atoms with Crippen molar-refractivity contribution in [1.82, 2.24) is 0 Å². The third-order valence-corrected chi connectivity index (χ3v) is 8.37. The van der Waals surface area contributed by atoms with Crippen molar-refractivity contribution >= 4 is 5.71 Å². The van der Waals surface area contributed by atoms with E-state index in [1.165, 1.54) is 0 Å². The first-order valence-electron chi connectivity index (χ1n) is 11.7. The molecule has 5 rings (SSSR count). The summed E-state index contributed by atoms with van der Waals surface area (Å²) < 4.78 is 5.42. The average molecular weight is 447 g/mol. The highest BCUT2D eigenvalue weighted by molar-refractivity contribution is 6.03. The molecule has 3 aliphatic carbocycles. The highest BCUT2D eigenvalue weighted by atomic mass is 16.6. The maximum atomic E-state index is 10.7. The normalized spacial score (nSPS) is 31.3. The fourth-order valence-electron chi connectivity index (χ4n) is 6.51. The van der Waals surface area contributed by atoms with E-state index in [0.717, 1.165) is 54.5 Å². The molecule has 2 N–H and O–H groups in total. The van der Waals surface area contributed by atoms with Crippen LogP contribution in [0, 0.1) is 28.6 Å². The van der Waals surface area contributed by atoms with Gasteiger partial charge in [-0.1, -0.05) is 24.2 Å². The van der Waals surface area contributed by atoms with Crippen LogP contribution in [-0.4, -0.2) is 29.1 Å². The quantitative estimate of drug-likeness (QED) is 0.654. The van der Waals surface area contributed by atoms with Crippen LogP contribution in [-0.2, 0) is 11.4 Å². The molecule has 0 aromatic heterocycles. The molecule has 0 amide bonds. The predicted octanol–water partition coefficient (Wildman–Crippen LogP) is 4.87. The van der Waals surface area contributed by atoms with Crippen molar-refractivity contribution in [2.24, 2.45) is 22.4 Å². The van der Waals surface area contributed by atoms with Crippen LogP contribution in [0.5, 0.6) is 11.5 Å². The number of nitriles is 1. The van der Waals surface area contributed by atoms with Crippen molar-refractivity contribution < 1.29 is 19.8 Å². The Kier molecular flexibility index (Phi) is 5.54. The topological polar surface area (TPSA) is 95.1 Å². The maximum Gasteiger partial charge on any atom is 0.160 e. The molecule has 6 heteroatoms. The van der Waals surface area contributed by atoms with E-state index in [-0.39, 0.29) is 17.3 Å². The summed E-state index contributed by atoms with van der Waals surface area (Å²) in [5.74, 6) is 1.75. The van der Waals surface area contributed by atoms with Crippen molar-refractivity contribution in [3.8, 4) is 17.6 Å². The lowest BCUT2D eigenvalue weighted by Crippen LogP contribution is -2.45. The first-order valence-corrected chi connectivity index (χ1v) is 11.7. The number of ether oxygens (including phenoxy) is 1. The van der Waals surface area contributed by atoms with Gasteiger partial charge >= 0.3 is 0 Å². The van der Waals surface area contributed by atoms with Crippen molar-refractivity contribution in [1.29, 1.82) is 5.26 Å². The van der Waals surface area contributed by atoms with Gasteiger partial charge in [-0.2, -0.15) is 5.26 Å². The molecular weight excluding hydrogens is 416 g/mol. The zero-order valence-electron chi connectivity index (χ0n) is 19.1. The molecule has 3 aliphatic rings. The number of nitrogens with zero attached hydrogens (tertiary/aromatic N) is 2. The summed E-state index contributed by atoms with van der Waals surface area (Å²) in [6.07, 6.45) is 4.43. The number of hydrogen-bond acceptors (Lipinski definition) is 6. The Balaban J connectivity index is 1.47. The number of fused-ring (bicyclic) bond motifs is 5. The Hall–Kier alpha value is -3.04. The van der Waals surface area contributed by atoms with Gasteiger partial charge in [-0.05, 0) is 90.7 Å². The smallest absolute Gasteiger partial charge is 0.160 e. The number of oxime groups is 1. The van der Waals surface area contributed by atoms with E-state index in [9.17, 15) is 10.2 Å². The first kappa shape index (κ1) is 21.8. The highest BCUT2D eigenvalue weighted by Gasteiger charge is 2.55. The molecule has 172 valence electrons. The lowest BCUT2D eigenvalue weighted by Gasteiger charge is -2.50. The summed E-state index contributed by atoms with van der Waals surface area (Å²) in [6, 6.07) is 13.1. The Bertz CT molecular complexity index is 1120. The summed E-state index contributed by atoms with van der Waals surface area (Å²) in [6.45, 7) is 2.55. The van der Waals surface area contributed by atoms with E-state index in [2.05, 4.69) is 18.1 Å². The predicted molar refractivity (Wildman–Crippen MR) is 124 cm³/mol. The summed E-state index contributed by atoms with van der Waals surface area (Å²) in [7, 11) is 1.57. The Labute approximate surface area is 194 Å². The minimum absolute atomic E-state index is 0.0475. The highest BCUT2D eigenvalue weighted by Crippen LogP contribution is 2.61. The van der Waals surface area contributed by atoms with Crippen molar-refractivity contribution in [3.63, 3.8) is 0 Å². The minimum atomic E-state index is -0.243. The van der Waals surface area contributed by atoms with E-state index >= 15 is 0 Å². The number of aliphatic hydroxyl groups excluding tert-OH is 1. The minimum Gasteiger partial charge on any atom is -0.504 e. The number of phenols is 1. The molecule has 0 spiro atoms.